The highest BCUT2D eigenvalue weighted by atomic mass is 19.1. The molecule has 1 aromatic carbocycles. The van der Waals surface area contributed by atoms with Crippen LogP contribution in [0.4, 0.5) is 10.1 Å². The maximum Gasteiger partial charge on any atom is 0.249 e. The number of amides is 2. The lowest BCUT2D eigenvalue weighted by atomic mass is 10.1. The number of carbonyl (C=O) groups excluding carboxylic acids is 2. The third-order valence-electron chi connectivity index (χ3n) is 3.90. The van der Waals surface area contributed by atoms with Crippen LogP contribution in [0.25, 0.3) is 0 Å². The van der Waals surface area contributed by atoms with E-state index in [1.165, 1.54) is 23.1 Å². The number of hydrogen-bond donors (Lipinski definition) is 1. The predicted molar refractivity (Wildman–Crippen MR) is 71.5 cm³/mol. The second-order valence-electron chi connectivity index (χ2n) is 5.19. The summed E-state index contributed by atoms with van der Waals surface area (Å²) in [5.41, 5.74) is 6.81. The van der Waals surface area contributed by atoms with Crippen LogP contribution in [0.2, 0.25) is 0 Å². The Morgan fingerprint density at radius 3 is 2.75 bits per heavy atom. The van der Waals surface area contributed by atoms with Crippen molar-refractivity contribution >= 4 is 17.5 Å². The number of rotatable bonds is 2. The number of fused-ring (bicyclic) bond motifs is 1. The molecule has 1 saturated heterocycles. The van der Waals surface area contributed by atoms with Crippen molar-refractivity contribution in [2.24, 2.45) is 5.73 Å². The normalized spacial score (nSPS) is 21.5. The van der Waals surface area contributed by atoms with Gasteiger partial charge in [-0.1, -0.05) is 6.07 Å². The molecular formula is C14H16FN3O2. The van der Waals surface area contributed by atoms with Gasteiger partial charge in [-0.2, -0.15) is 0 Å². The second kappa shape index (κ2) is 4.86. The summed E-state index contributed by atoms with van der Waals surface area (Å²) in [6.45, 7) is 1.38. The molecule has 5 nitrogen and oxygen atoms in total. The lowest BCUT2D eigenvalue weighted by molar-refractivity contribution is -0.130. The molecule has 2 heterocycles. The molecule has 0 spiro atoms. The van der Waals surface area contributed by atoms with Crippen LogP contribution in [0.5, 0.6) is 0 Å². The molecular weight excluding hydrogens is 261 g/mol. The zero-order valence-corrected chi connectivity index (χ0v) is 11.0. The second-order valence-corrected chi connectivity index (χ2v) is 5.19. The quantitative estimate of drug-likeness (QED) is 0.869. The summed E-state index contributed by atoms with van der Waals surface area (Å²) in [7, 11) is 0. The molecule has 0 bridgehead atoms. The Kier molecular flexibility index (Phi) is 3.17. The topological polar surface area (TPSA) is 66.6 Å². The average Bonchev–Trinajstić information content (AvgIpc) is 3.03. The molecule has 1 atom stereocenters. The summed E-state index contributed by atoms with van der Waals surface area (Å²) in [5.74, 6) is -0.900. The first-order valence-corrected chi connectivity index (χ1v) is 6.72. The molecule has 3 rings (SSSR count). The number of benzene rings is 1. The Labute approximate surface area is 116 Å². The minimum absolute atomic E-state index is 0.0665. The molecule has 1 unspecified atom stereocenters. The number of carbonyl (C=O) groups is 2. The average molecular weight is 277 g/mol. The first-order valence-electron chi connectivity index (χ1n) is 6.72. The zero-order chi connectivity index (χ0) is 14.3. The van der Waals surface area contributed by atoms with Crippen LogP contribution in [0.15, 0.2) is 18.2 Å². The van der Waals surface area contributed by atoms with Crippen molar-refractivity contribution in [3.63, 3.8) is 0 Å². The highest BCUT2D eigenvalue weighted by Crippen LogP contribution is 2.34. The van der Waals surface area contributed by atoms with Gasteiger partial charge in [-0.15, -0.1) is 0 Å². The van der Waals surface area contributed by atoms with Crippen LogP contribution in [0, 0.1) is 5.82 Å². The van der Waals surface area contributed by atoms with Crippen molar-refractivity contribution < 1.29 is 14.0 Å². The fourth-order valence-corrected chi connectivity index (χ4v) is 2.80. The molecule has 2 N–H and O–H groups in total. The van der Waals surface area contributed by atoms with Crippen molar-refractivity contribution in [3.05, 3.63) is 29.6 Å². The molecule has 106 valence electrons. The van der Waals surface area contributed by atoms with Gasteiger partial charge in [-0.25, -0.2) is 4.39 Å². The highest BCUT2D eigenvalue weighted by molar-refractivity contribution is 6.07. The van der Waals surface area contributed by atoms with Crippen LogP contribution in [0.3, 0.4) is 0 Å². The lowest BCUT2D eigenvalue weighted by Gasteiger charge is -2.21. The van der Waals surface area contributed by atoms with E-state index in [1.807, 2.05) is 0 Å². The van der Waals surface area contributed by atoms with Gasteiger partial charge in [-0.3, -0.25) is 9.59 Å². The van der Waals surface area contributed by atoms with E-state index in [2.05, 4.69) is 0 Å². The Hall–Kier alpha value is -1.95. The van der Waals surface area contributed by atoms with Crippen LogP contribution >= 0.6 is 0 Å². The van der Waals surface area contributed by atoms with E-state index in [4.69, 9.17) is 5.73 Å². The summed E-state index contributed by atoms with van der Waals surface area (Å²) < 4.78 is 13.4. The van der Waals surface area contributed by atoms with E-state index in [0.29, 0.717) is 11.3 Å². The Morgan fingerprint density at radius 1 is 1.35 bits per heavy atom. The minimum Gasteiger partial charge on any atom is -0.341 e. The summed E-state index contributed by atoms with van der Waals surface area (Å²) in [4.78, 5) is 27.3. The lowest BCUT2D eigenvalue weighted by Crippen LogP contribution is -2.41. The van der Waals surface area contributed by atoms with E-state index in [0.717, 1.165) is 25.9 Å². The smallest absolute Gasteiger partial charge is 0.249 e. The van der Waals surface area contributed by atoms with Gasteiger partial charge in [-0.05, 0) is 25.0 Å². The fraction of sp³-hybridized carbons (Fsp3) is 0.429. The maximum absolute atomic E-state index is 13.4. The Balaban J connectivity index is 1.85. The van der Waals surface area contributed by atoms with E-state index >= 15 is 0 Å². The molecule has 2 aliphatic rings. The molecule has 1 aromatic rings. The van der Waals surface area contributed by atoms with Crippen molar-refractivity contribution in [1.82, 2.24) is 4.90 Å². The van der Waals surface area contributed by atoms with Gasteiger partial charge in [0.2, 0.25) is 11.8 Å². The van der Waals surface area contributed by atoms with Gasteiger partial charge in [0.1, 0.15) is 18.4 Å². The molecule has 0 saturated carbocycles. The molecule has 1 fully saturated rings. The number of nitrogens with zero attached hydrogens (tertiary/aromatic N) is 2. The third-order valence-corrected chi connectivity index (χ3v) is 3.90. The number of nitrogens with two attached hydrogens (primary N) is 1. The van der Waals surface area contributed by atoms with Crippen molar-refractivity contribution in [2.45, 2.75) is 18.9 Å². The van der Waals surface area contributed by atoms with Gasteiger partial charge in [0, 0.05) is 18.7 Å². The fourth-order valence-electron chi connectivity index (χ4n) is 2.80. The standard InChI is InChI=1S/C14H16FN3O2/c15-9-3-4-10-11(7-9)18(14(20)13(10)16)8-12(19)17-5-1-2-6-17/h3-4,7,13H,1-2,5-6,8,16H2. The molecule has 2 aliphatic heterocycles. The van der Waals surface area contributed by atoms with Crippen molar-refractivity contribution in [1.29, 1.82) is 0 Å². The predicted octanol–water partition coefficient (Wildman–Crippen LogP) is 0.794. The summed E-state index contributed by atoms with van der Waals surface area (Å²) in [6.07, 6.45) is 1.98. The first-order chi connectivity index (χ1) is 9.58. The van der Waals surface area contributed by atoms with Crippen LogP contribution in [-0.2, 0) is 9.59 Å². The highest BCUT2D eigenvalue weighted by Gasteiger charge is 2.36. The largest absolute Gasteiger partial charge is 0.341 e. The number of halogens is 1. The molecule has 0 aliphatic carbocycles. The van der Waals surface area contributed by atoms with Gasteiger partial charge >= 0.3 is 0 Å². The third kappa shape index (κ3) is 2.06. The summed E-state index contributed by atoms with van der Waals surface area (Å²) in [5, 5.41) is 0. The van der Waals surface area contributed by atoms with E-state index in [9.17, 15) is 14.0 Å². The van der Waals surface area contributed by atoms with Gasteiger partial charge in [0.05, 0.1) is 5.69 Å². The molecule has 0 radical (unpaired) electrons. The van der Waals surface area contributed by atoms with Crippen LogP contribution in [-0.4, -0.2) is 36.3 Å². The van der Waals surface area contributed by atoms with Gasteiger partial charge in [0.25, 0.3) is 0 Å². The van der Waals surface area contributed by atoms with Crippen LogP contribution in [0.1, 0.15) is 24.4 Å². The molecule has 6 heteroatoms. The number of hydrogen-bond acceptors (Lipinski definition) is 3. The van der Waals surface area contributed by atoms with Gasteiger partial charge in [0.15, 0.2) is 0 Å². The minimum atomic E-state index is -0.808. The van der Waals surface area contributed by atoms with Crippen molar-refractivity contribution in [3.8, 4) is 0 Å². The summed E-state index contributed by atoms with van der Waals surface area (Å²) >= 11 is 0. The SMILES string of the molecule is NC1C(=O)N(CC(=O)N2CCCC2)c2cc(F)ccc21. The van der Waals surface area contributed by atoms with E-state index in [-0.39, 0.29) is 18.4 Å². The Morgan fingerprint density at radius 2 is 2.05 bits per heavy atom. The number of anilines is 1. The monoisotopic (exact) mass is 277 g/mol. The van der Waals surface area contributed by atoms with Crippen LogP contribution < -0.4 is 10.6 Å². The number of likely N-dealkylation sites (tertiary alicyclic amines) is 1. The molecule has 20 heavy (non-hydrogen) atoms. The van der Waals surface area contributed by atoms with E-state index in [1.54, 1.807) is 4.90 Å². The first kappa shape index (κ1) is 13.1. The van der Waals surface area contributed by atoms with E-state index < -0.39 is 11.9 Å². The van der Waals surface area contributed by atoms with Gasteiger partial charge < -0.3 is 15.5 Å². The zero-order valence-electron chi connectivity index (χ0n) is 11.0. The Bertz CT molecular complexity index is 570. The summed E-state index contributed by atoms with van der Waals surface area (Å²) in [6, 6.07) is 3.24. The maximum atomic E-state index is 13.4. The molecule has 0 aromatic heterocycles. The molecule has 2 amide bonds. The van der Waals surface area contributed by atoms with Crippen molar-refractivity contribution in [2.75, 3.05) is 24.5 Å².